The van der Waals surface area contributed by atoms with Crippen LogP contribution in [0.1, 0.15) is 6.92 Å². The van der Waals surface area contributed by atoms with Crippen molar-refractivity contribution in [1.82, 2.24) is 24.8 Å². The van der Waals surface area contributed by atoms with Crippen molar-refractivity contribution in [3.05, 3.63) is 40.8 Å². The zero-order valence-electron chi connectivity index (χ0n) is 18.1. The molecule has 0 saturated carbocycles. The van der Waals surface area contributed by atoms with Crippen molar-refractivity contribution in [3.63, 3.8) is 0 Å². The molecule has 1 aliphatic rings. The van der Waals surface area contributed by atoms with E-state index >= 15 is 0 Å². The number of hydrogen-bond donors (Lipinski definition) is 3. The third kappa shape index (κ3) is 4.94. The second-order valence-electron chi connectivity index (χ2n) is 7.46. The summed E-state index contributed by atoms with van der Waals surface area (Å²) in [5.74, 6) is 0.392. The number of pyridine rings is 1. The van der Waals surface area contributed by atoms with Gasteiger partial charge in [-0.15, -0.1) is 0 Å². The summed E-state index contributed by atoms with van der Waals surface area (Å²) >= 11 is 1.19. The minimum atomic E-state index is -0.364. The van der Waals surface area contributed by atoms with Crippen molar-refractivity contribution in [3.8, 4) is 17.1 Å². The molecule has 1 aliphatic heterocycles. The third-order valence-electron chi connectivity index (χ3n) is 5.06. The van der Waals surface area contributed by atoms with E-state index in [1.807, 2.05) is 24.4 Å². The predicted molar refractivity (Wildman–Crippen MR) is 124 cm³/mol. The molecule has 0 aromatic carbocycles. The molecule has 32 heavy (non-hydrogen) atoms. The molecule has 0 unspecified atom stereocenters. The molecule has 0 aliphatic carbocycles. The number of piperazine rings is 1. The molecule has 0 bridgehead atoms. The number of nitrogens with one attached hydrogen (secondary N) is 3. The van der Waals surface area contributed by atoms with Crippen molar-refractivity contribution >= 4 is 29.2 Å². The third-order valence-corrected chi connectivity index (χ3v) is 5.87. The van der Waals surface area contributed by atoms with Crippen LogP contribution in [0.2, 0.25) is 0 Å². The Morgan fingerprint density at radius 3 is 2.66 bits per heavy atom. The van der Waals surface area contributed by atoms with E-state index < -0.39 is 0 Å². The fourth-order valence-electron chi connectivity index (χ4n) is 3.55. The zero-order chi connectivity index (χ0) is 22.7. The summed E-state index contributed by atoms with van der Waals surface area (Å²) in [6, 6.07) is 7.14. The van der Waals surface area contributed by atoms with E-state index in [4.69, 9.17) is 9.72 Å². The maximum Gasteiger partial charge on any atom is 0.253 e. The van der Waals surface area contributed by atoms with Crippen LogP contribution < -0.4 is 20.5 Å². The first kappa shape index (κ1) is 21.9. The number of amides is 1. The van der Waals surface area contributed by atoms with Gasteiger partial charge >= 0.3 is 0 Å². The average Bonchev–Trinajstić information content (AvgIpc) is 3.28. The highest BCUT2D eigenvalue weighted by atomic mass is 32.2. The Labute approximate surface area is 189 Å². The Kier molecular flexibility index (Phi) is 6.47. The summed E-state index contributed by atoms with van der Waals surface area (Å²) in [5, 5.41) is 3.46. The van der Waals surface area contributed by atoms with Gasteiger partial charge in [-0.3, -0.25) is 9.59 Å². The highest BCUT2D eigenvalue weighted by Crippen LogP contribution is 2.40. The summed E-state index contributed by atoms with van der Waals surface area (Å²) in [6.07, 6.45) is 1.87. The van der Waals surface area contributed by atoms with Crippen LogP contribution in [-0.2, 0) is 4.79 Å². The number of H-pyrrole nitrogens is 2. The van der Waals surface area contributed by atoms with Gasteiger partial charge in [0.2, 0.25) is 11.8 Å². The lowest BCUT2D eigenvalue weighted by molar-refractivity contribution is -0.114. The SMILES string of the molecule is COc1nc(Sc2nc(NC(C)=O)cc(=O)[nH]2)cc(-c2ccc[nH]2)c1N1CCN(C)CC1. The van der Waals surface area contributed by atoms with E-state index in [9.17, 15) is 9.59 Å². The topological polar surface area (TPSA) is 119 Å². The molecule has 4 heterocycles. The van der Waals surface area contributed by atoms with Crippen LogP contribution in [0, 0.1) is 0 Å². The molecule has 4 rings (SSSR count). The van der Waals surface area contributed by atoms with Gasteiger partial charge in [-0.2, -0.15) is 0 Å². The summed E-state index contributed by atoms with van der Waals surface area (Å²) < 4.78 is 5.70. The van der Waals surface area contributed by atoms with Gasteiger partial charge in [-0.1, -0.05) is 0 Å². The lowest BCUT2D eigenvalue weighted by Crippen LogP contribution is -2.44. The number of ether oxygens (including phenoxy) is 1. The van der Waals surface area contributed by atoms with Gasteiger partial charge < -0.3 is 29.8 Å². The first-order valence-electron chi connectivity index (χ1n) is 10.2. The molecule has 10 nitrogen and oxygen atoms in total. The predicted octanol–water partition coefficient (Wildman–Crippen LogP) is 2.03. The Balaban J connectivity index is 1.75. The molecular weight excluding hydrogens is 430 g/mol. The molecule has 0 radical (unpaired) electrons. The van der Waals surface area contributed by atoms with Crippen LogP contribution in [-0.4, -0.2) is 71.1 Å². The molecule has 11 heteroatoms. The van der Waals surface area contributed by atoms with Crippen LogP contribution in [0.25, 0.3) is 11.3 Å². The number of hydrogen-bond acceptors (Lipinski definition) is 8. The smallest absolute Gasteiger partial charge is 0.253 e. The summed E-state index contributed by atoms with van der Waals surface area (Å²) in [4.78, 5) is 42.9. The van der Waals surface area contributed by atoms with Gasteiger partial charge in [0.15, 0.2) is 5.16 Å². The zero-order valence-corrected chi connectivity index (χ0v) is 19.0. The standard InChI is InChI=1S/C21H25N7O3S/c1-13(29)23-16-12-17(30)25-21(24-16)32-18-11-14(15-5-4-6-22-15)19(20(26-18)31-3)28-9-7-27(2)8-10-28/h4-6,11-12,22H,7-10H2,1-3H3,(H2,23,24,25,29,30). The largest absolute Gasteiger partial charge is 0.479 e. The van der Waals surface area contributed by atoms with Crippen molar-refractivity contribution in [2.45, 2.75) is 17.1 Å². The summed E-state index contributed by atoms with van der Waals surface area (Å²) in [7, 11) is 3.72. The number of rotatable bonds is 6. The Hall–Kier alpha value is -3.31. The highest BCUT2D eigenvalue weighted by Gasteiger charge is 2.24. The lowest BCUT2D eigenvalue weighted by Gasteiger charge is -2.35. The quantitative estimate of drug-likeness (QED) is 0.483. The van der Waals surface area contributed by atoms with Crippen LogP contribution in [0.15, 0.2) is 45.4 Å². The van der Waals surface area contributed by atoms with E-state index in [1.54, 1.807) is 7.11 Å². The lowest BCUT2D eigenvalue weighted by atomic mass is 10.1. The maximum atomic E-state index is 12.0. The van der Waals surface area contributed by atoms with Gasteiger partial charge in [0, 0.05) is 56.6 Å². The number of aromatic nitrogens is 4. The molecule has 168 valence electrons. The highest BCUT2D eigenvalue weighted by molar-refractivity contribution is 7.99. The number of carbonyl (C=O) groups excluding carboxylic acids is 1. The van der Waals surface area contributed by atoms with Gasteiger partial charge in [0.25, 0.3) is 5.56 Å². The maximum absolute atomic E-state index is 12.0. The second-order valence-corrected chi connectivity index (χ2v) is 8.47. The summed E-state index contributed by atoms with van der Waals surface area (Å²) in [5.41, 5.74) is 2.46. The van der Waals surface area contributed by atoms with Crippen LogP contribution >= 0.6 is 11.8 Å². The molecule has 3 aromatic rings. The Morgan fingerprint density at radius 1 is 1.22 bits per heavy atom. The van der Waals surface area contributed by atoms with Crippen LogP contribution in [0.4, 0.5) is 11.5 Å². The molecule has 1 amide bonds. The summed E-state index contributed by atoms with van der Waals surface area (Å²) in [6.45, 7) is 4.99. The Bertz CT molecular complexity index is 1150. The monoisotopic (exact) mass is 455 g/mol. The Morgan fingerprint density at radius 2 is 2.00 bits per heavy atom. The van der Waals surface area contributed by atoms with E-state index in [0.717, 1.165) is 43.1 Å². The first-order chi connectivity index (χ1) is 15.4. The van der Waals surface area contributed by atoms with E-state index in [2.05, 4.69) is 37.1 Å². The van der Waals surface area contributed by atoms with Gasteiger partial charge in [-0.25, -0.2) is 9.97 Å². The number of nitrogens with zero attached hydrogens (tertiary/aromatic N) is 4. The van der Waals surface area contributed by atoms with E-state index in [0.29, 0.717) is 16.1 Å². The molecule has 0 spiro atoms. The van der Waals surface area contributed by atoms with Gasteiger partial charge in [0.05, 0.1) is 7.11 Å². The molecule has 1 fully saturated rings. The average molecular weight is 456 g/mol. The normalized spacial score (nSPS) is 14.4. The number of likely N-dealkylation sites (N-methyl/N-ethyl adjacent to an activating group) is 1. The number of carbonyl (C=O) groups is 1. The molecule has 0 atom stereocenters. The van der Waals surface area contributed by atoms with Crippen molar-refractivity contribution in [1.29, 1.82) is 0 Å². The molecular formula is C21H25N7O3S. The fourth-order valence-corrected chi connectivity index (χ4v) is 4.35. The minimum absolute atomic E-state index is 0.189. The van der Waals surface area contributed by atoms with Crippen molar-refractivity contribution in [2.24, 2.45) is 0 Å². The van der Waals surface area contributed by atoms with Crippen molar-refractivity contribution < 1.29 is 9.53 Å². The fraction of sp³-hybridized carbons (Fsp3) is 0.333. The molecule has 3 N–H and O–H groups in total. The minimum Gasteiger partial charge on any atom is -0.479 e. The number of anilines is 2. The first-order valence-corrected chi connectivity index (χ1v) is 11.0. The van der Waals surface area contributed by atoms with Crippen LogP contribution in [0.3, 0.4) is 0 Å². The van der Waals surface area contributed by atoms with Crippen molar-refractivity contribution in [2.75, 3.05) is 50.6 Å². The van der Waals surface area contributed by atoms with E-state index in [-0.39, 0.29) is 17.3 Å². The second kappa shape index (κ2) is 9.45. The molecule has 3 aromatic heterocycles. The van der Waals surface area contributed by atoms with Gasteiger partial charge in [0.1, 0.15) is 16.5 Å². The van der Waals surface area contributed by atoms with Gasteiger partial charge in [-0.05, 0) is 37.0 Å². The van der Waals surface area contributed by atoms with Crippen LogP contribution in [0.5, 0.6) is 5.88 Å². The number of methoxy groups -OCH3 is 1. The van der Waals surface area contributed by atoms with E-state index in [1.165, 1.54) is 24.8 Å². The number of aromatic amines is 2. The molecule has 1 saturated heterocycles.